The predicted molar refractivity (Wildman–Crippen MR) is 102 cm³/mol. The van der Waals surface area contributed by atoms with Gasteiger partial charge < -0.3 is 18.5 Å². The Morgan fingerprint density at radius 2 is 1.84 bits per heavy atom. The van der Waals surface area contributed by atoms with E-state index < -0.39 is 54.2 Å². The highest BCUT2D eigenvalue weighted by Crippen LogP contribution is 2.73. The van der Waals surface area contributed by atoms with Crippen LogP contribution in [0.5, 0.6) is 0 Å². The van der Waals surface area contributed by atoms with Crippen LogP contribution in [0.2, 0.25) is 0 Å². The van der Waals surface area contributed by atoms with Crippen LogP contribution in [-0.4, -0.2) is 72.5 Å². The van der Waals surface area contributed by atoms with Gasteiger partial charge in [0, 0.05) is 19.4 Å². The summed E-state index contributed by atoms with van der Waals surface area (Å²) in [6.45, 7) is 0. The molecule has 1 N–H and O–H groups in total. The molecule has 8 nitrogen and oxygen atoms in total. The Morgan fingerprint density at radius 1 is 1.20 bits per heavy atom. The van der Waals surface area contributed by atoms with Gasteiger partial charge in [-0.05, 0) is 31.3 Å². The van der Waals surface area contributed by atoms with E-state index in [1.54, 1.807) is 0 Å². The monoisotopic (exact) mass is 394 g/mol. The van der Waals surface area contributed by atoms with Gasteiger partial charge in [-0.1, -0.05) is 0 Å². The van der Waals surface area contributed by atoms with Crippen molar-refractivity contribution in [1.82, 2.24) is 9.55 Å². The summed E-state index contributed by atoms with van der Waals surface area (Å²) in [6, 6.07) is 1.22. The van der Waals surface area contributed by atoms with E-state index in [0.29, 0.717) is 6.29 Å². The van der Waals surface area contributed by atoms with Gasteiger partial charge in [0.05, 0.1) is 0 Å². The van der Waals surface area contributed by atoms with Crippen LogP contribution in [0, 0.1) is 0 Å². The zero-order valence-corrected chi connectivity index (χ0v) is 16.9. The third-order valence-electron chi connectivity index (χ3n) is 4.30. The van der Waals surface area contributed by atoms with Crippen molar-refractivity contribution >= 4 is 24.7 Å². The van der Waals surface area contributed by atoms with Crippen molar-refractivity contribution in [2.45, 2.75) is 24.5 Å². The minimum atomic E-state index is -1.47. The molecule has 1 aliphatic heterocycles. The van der Waals surface area contributed by atoms with E-state index >= 15 is 0 Å². The van der Waals surface area contributed by atoms with Crippen LogP contribution >= 0.6 is 18.4 Å². The Bertz CT molecular complexity index is 739. The topological polar surface area (TPSA) is 99.6 Å². The molecule has 1 aromatic heterocycles. The van der Waals surface area contributed by atoms with Gasteiger partial charge in [0.15, 0.2) is 12.5 Å². The van der Waals surface area contributed by atoms with Gasteiger partial charge in [-0.3, -0.25) is 14.3 Å². The van der Waals surface area contributed by atoms with Crippen LogP contribution in [-0.2, 0) is 18.5 Å². The number of carbonyl (C=O) groups is 1. The van der Waals surface area contributed by atoms with E-state index in [1.807, 2.05) is 0 Å². The molecular weight excluding hydrogens is 368 g/mol. The predicted octanol–water partition coefficient (Wildman–Crippen LogP) is 0.621. The Hall–Kier alpha value is -1.07. The largest absolute Gasteiger partial charge is 0.374 e. The van der Waals surface area contributed by atoms with Crippen LogP contribution in [0.4, 0.5) is 0 Å². The zero-order valence-electron chi connectivity index (χ0n) is 15.3. The van der Waals surface area contributed by atoms with E-state index in [0.717, 1.165) is 0 Å². The average molecular weight is 395 g/mol. The first kappa shape index (κ1) is 20.2. The first-order chi connectivity index (χ1) is 11.5. The van der Waals surface area contributed by atoms with Crippen molar-refractivity contribution < 1.29 is 18.5 Å². The smallest absolute Gasteiger partial charge is 0.330 e. The minimum absolute atomic E-state index is 0.505. The minimum Gasteiger partial charge on any atom is -0.374 e. The summed E-state index contributed by atoms with van der Waals surface area (Å²) in [4.78, 5) is 37.1. The summed E-state index contributed by atoms with van der Waals surface area (Å²) in [7, 11) is -1.02. The average Bonchev–Trinajstić information content (AvgIpc) is 2.82. The fourth-order valence-corrected chi connectivity index (χ4v) is 4.34. The maximum absolute atomic E-state index is 12.1. The molecule has 0 radical (unpaired) electrons. The molecule has 0 spiro atoms. The molecule has 4 atom stereocenters. The first-order valence-corrected chi connectivity index (χ1v) is 13.3. The number of aromatic nitrogens is 2. The molecule has 144 valence electrons. The molecule has 0 aromatic carbocycles. The van der Waals surface area contributed by atoms with Crippen molar-refractivity contribution in [3.63, 3.8) is 0 Å². The lowest BCUT2D eigenvalue weighted by Gasteiger charge is -2.49. The van der Waals surface area contributed by atoms with E-state index in [4.69, 9.17) is 13.7 Å². The number of aromatic amines is 1. The van der Waals surface area contributed by atoms with E-state index in [-0.39, 0.29) is 0 Å². The van der Waals surface area contributed by atoms with Crippen LogP contribution in [0.3, 0.4) is 0 Å². The fourth-order valence-electron chi connectivity index (χ4n) is 2.37. The summed E-state index contributed by atoms with van der Waals surface area (Å²) >= 11 is 0. The van der Waals surface area contributed by atoms with E-state index in [9.17, 15) is 14.4 Å². The molecule has 2 heterocycles. The lowest BCUT2D eigenvalue weighted by Crippen LogP contribution is -2.40. The number of carbonyl (C=O) groups excluding carboxylic acids is 1. The number of nitrogens with zero attached hydrogens (tertiary/aromatic N) is 1. The molecule has 2 rings (SSSR count). The molecule has 0 amide bonds. The van der Waals surface area contributed by atoms with Crippen molar-refractivity contribution in [3.8, 4) is 0 Å². The van der Waals surface area contributed by atoms with Crippen LogP contribution in [0.15, 0.2) is 21.9 Å². The van der Waals surface area contributed by atoms with Crippen molar-refractivity contribution in [1.29, 1.82) is 0 Å². The summed E-state index contributed by atoms with van der Waals surface area (Å²) in [5.74, 6) is 0. The number of ether oxygens (including phenoxy) is 2. The number of aldehydes is 1. The number of hydrogen-bond acceptors (Lipinski definition) is 6. The molecule has 25 heavy (non-hydrogen) atoms. The van der Waals surface area contributed by atoms with Gasteiger partial charge in [0.25, 0.3) is 5.56 Å². The standard InChI is InChI=1S/C15H26N2O6S2/c1-21-13-12(23-25(5,6)24(2,3)4)10(9-18)22-14(13)17-8-7-11(19)16-15(17)20/h7-10,12-14H,1-6H3,(H,16,19,20)/t10-,12+,13?,14-/m1/s1. The third kappa shape index (κ3) is 4.03. The Labute approximate surface area is 149 Å². The van der Waals surface area contributed by atoms with Gasteiger partial charge in [0.2, 0.25) is 0 Å². The number of H-pyrrole nitrogens is 1. The second-order valence-corrected chi connectivity index (χ2v) is 18.1. The maximum atomic E-state index is 12.1. The van der Waals surface area contributed by atoms with Crippen LogP contribution < -0.4 is 11.2 Å². The van der Waals surface area contributed by atoms with Gasteiger partial charge in [0.1, 0.15) is 18.3 Å². The van der Waals surface area contributed by atoms with Crippen molar-refractivity contribution in [2.75, 3.05) is 38.4 Å². The first-order valence-electron chi connectivity index (χ1n) is 7.56. The summed E-state index contributed by atoms with van der Waals surface area (Å²) < 4.78 is 18.8. The highest BCUT2D eigenvalue weighted by Gasteiger charge is 2.49. The zero-order chi connectivity index (χ0) is 19.0. The Balaban J connectivity index is 2.39. The molecule has 0 bridgehead atoms. The second kappa shape index (κ2) is 7.28. The lowest BCUT2D eigenvalue weighted by molar-refractivity contribution is -0.122. The Kier molecular flexibility index (Phi) is 5.89. The molecular formula is C15H26N2O6S2. The van der Waals surface area contributed by atoms with Gasteiger partial charge in [-0.2, -0.15) is 9.06 Å². The third-order valence-corrected chi connectivity index (χ3v) is 14.9. The normalized spacial score (nSPS) is 28.7. The van der Waals surface area contributed by atoms with Crippen LogP contribution in [0.25, 0.3) is 0 Å². The van der Waals surface area contributed by atoms with Gasteiger partial charge in [-0.25, -0.2) is 4.79 Å². The summed E-state index contributed by atoms with van der Waals surface area (Å²) in [6.07, 6.45) is 9.54. The van der Waals surface area contributed by atoms with Crippen LogP contribution in [0.1, 0.15) is 6.23 Å². The lowest BCUT2D eigenvalue weighted by atomic mass is 10.1. The van der Waals surface area contributed by atoms with E-state index in [2.05, 4.69) is 36.3 Å². The van der Waals surface area contributed by atoms with Crippen molar-refractivity contribution in [3.05, 3.63) is 33.1 Å². The molecule has 10 heteroatoms. The molecule has 0 aliphatic carbocycles. The highest BCUT2D eigenvalue weighted by atomic mass is 33.2. The quantitative estimate of drug-likeness (QED) is 0.561. The van der Waals surface area contributed by atoms with Gasteiger partial charge >= 0.3 is 5.69 Å². The van der Waals surface area contributed by atoms with Crippen molar-refractivity contribution in [2.24, 2.45) is 0 Å². The highest BCUT2D eigenvalue weighted by molar-refractivity contribution is 9.05. The number of hydrogen-bond donors (Lipinski definition) is 1. The molecule has 1 saturated heterocycles. The summed E-state index contributed by atoms with van der Waals surface area (Å²) in [5, 5.41) is 0. The fraction of sp³-hybridized carbons (Fsp3) is 0.667. The van der Waals surface area contributed by atoms with Gasteiger partial charge in [-0.15, -0.1) is 9.34 Å². The molecule has 1 aliphatic rings. The summed E-state index contributed by atoms with van der Waals surface area (Å²) in [5.41, 5.74) is -1.13. The second-order valence-electron chi connectivity index (χ2n) is 6.77. The number of methoxy groups -OCH3 is 1. The molecule has 1 fully saturated rings. The number of nitrogens with one attached hydrogen (secondary N) is 1. The molecule has 0 saturated carbocycles. The number of rotatable bonds is 6. The molecule has 1 unspecified atom stereocenters. The Morgan fingerprint density at radius 3 is 2.32 bits per heavy atom. The maximum Gasteiger partial charge on any atom is 0.330 e. The molecule has 1 aromatic rings. The van der Waals surface area contributed by atoms with E-state index in [1.165, 1.54) is 23.9 Å². The SMILES string of the molecule is COC1[C@@H](OS(C)(C)S(C)(C)C)[C@@H](C=O)O[C@H]1n1ccc(=O)[nH]c1=O.